The molecular weight excluding hydrogens is 302 g/mol. The molecule has 1 saturated heterocycles. The Bertz CT molecular complexity index is 566. The maximum absolute atomic E-state index is 12.8. The molecule has 0 aromatic carbocycles. The molecule has 0 N–H and O–H groups in total. The number of pyridine rings is 1. The number of carbonyl (C=O) groups excluding carboxylic acids is 1. The molecule has 5 nitrogen and oxygen atoms in total. The number of hydrogen-bond acceptors (Lipinski definition) is 4. The molecule has 0 bridgehead atoms. The maximum atomic E-state index is 12.8. The van der Waals surface area contributed by atoms with Gasteiger partial charge in [-0.05, 0) is 67.1 Å². The van der Waals surface area contributed by atoms with Gasteiger partial charge in [-0.1, -0.05) is 12.5 Å². The molecule has 134 valence electrons. The Kier molecular flexibility index (Phi) is 5.86. The van der Waals surface area contributed by atoms with Crippen molar-refractivity contribution in [2.45, 2.75) is 71.6 Å². The lowest BCUT2D eigenvalue weighted by molar-refractivity contribution is 0.0568. The van der Waals surface area contributed by atoms with Gasteiger partial charge in [-0.15, -0.1) is 0 Å². The molecule has 0 radical (unpaired) electrons. The molecule has 2 heterocycles. The van der Waals surface area contributed by atoms with Crippen LogP contribution in [0.4, 0.5) is 10.6 Å². The number of amides is 1. The van der Waals surface area contributed by atoms with Gasteiger partial charge >= 0.3 is 6.09 Å². The van der Waals surface area contributed by atoms with Crippen molar-refractivity contribution in [1.29, 1.82) is 0 Å². The highest BCUT2D eigenvalue weighted by atomic mass is 16.6. The highest BCUT2D eigenvalue weighted by Gasteiger charge is 2.31. The average Bonchev–Trinajstić information content (AvgIpc) is 2.46. The summed E-state index contributed by atoms with van der Waals surface area (Å²) in [6, 6.07) is 4.32. The van der Waals surface area contributed by atoms with E-state index in [2.05, 4.69) is 23.0 Å². The first-order valence-corrected chi connectivity index (χ1v) is 8.88. The molecule has 1 aliphatic rings. The minimum absolute atomic E-state index is 0.0256. The van der Waals surface area contributed by atoms with Crippen molar-refractivity contribution >= 4 is 11.9 Å². The van der Waals surface area contributed by atoms with Gasteiger partial charge in [-0.3, -0.25) is 9.80 Å². The highest BCUT2D eigenvalue weighted by molar-refractivity contribution is 5.88. The molecule has 1 unspecified atom stereocenters. The summed E-state index contributed by atoms with van der Waals surface area (Å²) >= 11 is 0. The molecule has 24 heavy (non-hydrogen) atoms. The summed E-state index contributed by atoms with van der Waals surface area (Å²) in [5.41, 5.74) is 0.583. The van der Waals surface area contributed by atoms with Crippen LogP contribution in [0, 0.1) is 0 Å². The van der Waals surface area contributed by atoms with E-state index >= 15 is 0 Å². The van der Waals surface area contributed by atoms with Crippen molar-refractivity contribution in [1.82, 2.24) is 9.88 Å². The first-order chi connectivity index (χ1) is 11.2. The lowest BCUT2D eigenvalue weighted by atomic mass is 9.96. The van der Waals surface area contributed by atoms with Crippen LogP contribution in [0.25, 0.3) is 0 Å². The predicted molar refractivity (Wildman–Crippen MR) is 97.3 cm³/mol. The number of piperidine rings is 1. The number of nitrogens with zero attached hydrogens (tertiary/aromatic N) is 3. The third-order valence-electron chi connectivity index (χ3n) is 4.28. The minimum Gasteiger partial charge on any atom is -0.443 e. The summed E-state index contributed by atoms with van der Waals surface area (Å²) in [5, 5.41) is 0. The zero-order valence-corrected chi connectivity index (χ0v) is 15.9. The number of carbonyl (C=O) groups is 1. The van der Waals surface area contributed by atoms with Crippen molar-refractivity contribution < 1.29 is 9.53 Å². The maximum Gasteiger partial charge on any atom is 0.416 e. The number of likely N-dealkylation sites (tertiary alicyclic amines) is 1. The number of anilines is 1. The molecule has 0 spiro atoms. The van der Waals surface area contributed by atoms with Crippen LogP contribution < -0.4 is 4.90 Å². The van der Waals surface area contributed by atoms with Crippen LogP contribution in [0.5, 0.6) is 0 Å². The fourth-order valence-electron chi connectivity index (χ4n) is 3.19. The Morgan fingerprint density at radius 1 is 1.38 bits per heavy atom. The van der Waals surface area contributed by atoms with Crippen molar-refractivity contribution in [3.63, 3.8) is 0 Å². The smallest absolute Gasteiger partial charge is 0.416 e. The molecule has 0 saturated carbocycles. The van der Waals surface area contributed by atoms with Gasteiger partial charge < -0.3 is 4.74 Å². The van der Waals surface area contributed by atoms with Gasteiger partial charge in [-0.2, -0.15) is 0 Å². The third kappa shape index (κ3) is 4.47. The Morgan fingerprint density at radius 3 is 2.67 bits per heavy atom. The van der Waals surface area contributed by atoms with Crippen LogP contribution in [0.3, 0.4) is 0 Å². The molecule has 1 amide bonds. The van der Waals surface area contributed by atoms with Crippen LogP contribution >= 0.6 is 0 Å². The summed E-state index contributed by atoms with van der Waals surface area (Å²) in [5.74, 6) is 0.723. The third-order valence-corrected chi connectivity index (χ3v) is 4.28. The van der Waals surface area contributed by atoms with Crippen molar-refractivity contribution in [3.8, 4) is 0 Å². The van der Waals surface area contributed by atoms with Crippen LogP contribution in [0.1, 0.15) is 65.5 Å². The zero-order chi connectivity index (χ0) is 17.9. The Hall–Kier alpha value is -1.62. The Labute approximate surface area is 146 Å². The summed E-state index contributed by atoms with van der Waals surface area (Å²) in [7, 11) is 2.15. The fourth-order valence-corrected chi connectivity index (χ4v) is 3.19. The molecule has 0 aliphatic carbocycles. The monoisotopic (exact) mass is 333 g/mol. The van der Waals surface area contributed by atoms with E-state index in [9.17, 15) is 4.79 Å². The minimum atomic E-state index is -0.527. The second-order valence-electron chi connectivity index (χ2n) is 7.85. The Balaban J connectivity index is 2.39. The van der Waals surface area contributed by atoms with Crippen LogP contribution in [-0.4, -0.2) is 41.2 Å². The zero-order valence-electron chi connectivity index (χ0n) is 15.9. The van der Waals surface area contributed by atoms with E-state index in [1.807, 2.05) is 40.7 Å². The molecule has 1 aromatic rings. The highest BCUT2D eigenvalue weighted by Crippen LogP contribution is 2.35. The normalized spacial score (nSPS) is 19.4. The van der Waals surface area contributed by atoms with E-state index in [1.165, 1.54) is 12.8 Å². The molecule has 1 atom stereocenters. The largest absolute Gasteiger partial charge is 0.443 e. The topological polar surface area (TPSA) is 45.7 Å². The van der Waals surface area contributed by atoms with Gasteiger partial charge in [0.1, 0.15) is 11.4 Å². The Morgan fingerprint density at radius 2 is 2.08 bits per heavy atom. The van der Waals surface area contributed by atoms with Gasteiger partial charge in [0.15, 0.2) is 0 Å². The fraction of sp³-hybridized carbons (Fsp3) is 0.684. The lowest BCUT2D eigenvalue weighted by Crippen LogP contribution is -2.43. The standard InChI is InChI=1S/C19H31N3O2/c1-14(2)22(18(23)24-19(3,4)5)17-15(10-9-12-20-17)16-11-7-8-13-21(16)6/h9-10,12,14,16H,7-8,11,13H2,1-6H3. The summed E-state index contributed by atoms with van der Waals surface area (Å²) < 4.78 is 5.62. The lowest BCUT2D eigenvalue weighted by Gasteiger charge is -2.36. The van der Waals surface area contributed by atoms with E-state index in [0.717, 1.165) is 24.3 Å². The molecule has 2 rings (SSSR count). The van der Waals surface area contributed by atoms with Gasteiger partial charge in [0, 0.05) is 23.8 Å². The number of ether oxygens (including phenoxy) is 1. The second-order valence-corrected chi connectivity index (χ2v) is 7.85. The molecular formula is C19H31N3O2. The van der Waals surface area contributed by atoms with Gasteiger partial charge in [-0.25, -0.2) is 9.78 Å². The first kappa shape index (κ1) is 18.7. The van der Waals surface area contributed by atoms with Crippen molar-refractivity contribution in [2.24, 2.45) is 0 Å². The van der Waals surface area contributed by atoms with E-state index in [-0.39, 0.29) is 12.1 Å². The molecule has 1 aromatic heterocycles. The molecule has 5 heteroatoms. The predicted octanol–water partition coefficient (Wildman–Crippen LogP) is 4.39. The summed E-state index contributed by atoms with van der Waals surface area (Å²) in [6.45, 7) is 10.7. The van der Waals surface area contributed by atoms with E-state index in [1.54, 1.807) is 11.1 Å². The summed E-state index contributed by atoms with van der Waals surface area (Å²) in [4.78, 5) is 21.4. The second kappa shape index (κ2) is 7.51. The number of rotatable bonds is 3. The van der Waals surface area contributed by atoms with Crippen molar-refractivity contribution in [2.75, 3.05) is 18.5 Å². The van der Waals surface area contributed by atoms with E-state index < -0.39 is 5.60 Å². The molecule has 1 aliphatic heterocycles. The van der Waals surface area contributed by atoms with Gasteiger partial charge in [0.25, 0.3) is 0 Å². The van der Waals surface area contributed by atoms with E-state index in [0.29, 0.717) is 6.04 Å². The van der Waals surface area contributed by atoms with E-state index in [4.69, 9.17) is 4.74 Å². The van der Waals surface area contributed by atoms with Gasteiger partial charge in [0.05, 0.1) is 0 Å². The average molecular weight is 333 g/mol. The molecule has 1 fully saturated rings. The summed E-state index contributed by atoms with van der Waals surface area (Å²) in [6.07, 6.45) is 4.94. The first-order valence-electron chi connectivity index (χ1n) is 8.88. The number of hydrogen-bond donors (Lipinski definition) is 0. The van der Waals surface area contributed by atoms with Crippen LogP contribution in [0.15, 0.2) is 18.3 Å². The quantitative estimate of drug-likeness (QED) is 0.823. The van der Waals surface area contributed by atoms with Crippen LogP contribution in [0.2, 0.25) is 0 Å². The van der Waals surface area contributed by atoms with Gasteiger partial charge in [0.2, 0.25) is 0 Å². The van der Waals surface area contributed by atoms with Crippen LogP contribution in [-0.2, 0) is 4.74 Å². The van der Waals surface area contributed by atoms with Crippen molar-refractivity contribution in [3.05, 3.63) is 23.9 Å². The SMILES string of the molecule is CC(C)N(C(=O)OC(C)(C)C)c1ncccc1C1CCCCN1C. The number of aromatic nitrogens is 1.